The molecule has 0 radical (unpaired) electrons. The Labute approximate surface area is 132 Å². The maximum Gasteiger partial charge on any atom is 0.265 e. The summed E-state index contributed by atoms with van der Waals surface area (Å²) in [5.74, 6) is -0.972. The SMILES string of the molecule is O=C[C@H](Cc1cccs1)N(O)C(=O)CNC(=O)[C@@H]1CCCN1. The van der Waals surface area contributed by atoms with Crippen molar-refractivity contribution in [1.82, 2.24) is 15.7 Å². The van der Waals surface area contributed by atoms with Crippen LogP contribution in [-0.4, -0.2) is 53.5 Å². The largest absolute Gasteiger partial charge is 0.346 e. The molecule has 2 atom stereocenters. The van der Waals surface area contributed by atoms with E-state index in [1.165, 1.54) is 11.3 Å². The summed E-state index contributed by atoms with van der Waals surface area (Å²) in [4.78, 5) is 35.6. The fourth-order valence-corrected chi connectivity index (χ4v) is 3.04. The van der Waals surface area contributed by atoms with Crippen molar-refractivity contribution < 1.29 is 19.6 Å². The lowest BCUT2D eigenvalue weighted by atomic mass is 10.2. The van der Waals surface area contributed by atoms with Crippen LogP contribution in [0.15, 0.2) is 17.5 Å². The van der Waals surface area contributed by atoms with Gasteiger partial charge in [-0.05, 0) is 30.8 Å². The number of hydrogen-bond donors (Lipinski definition) is 3. The number of amides is 2. The Balaban J connectivity index is 1.81. The first-order valence-electron chi connectivity index (χ1n) is 7.11. The van der Waals surface area contributed by atoms with E-state index < -0.39 is 11.9 Å². The molecule has 7 nitrogen and oxygen atoms in total. The van der Waals surface area contributed by atoms with Gasteiger partial charge in [0, 0.05) is 11.3 Å². The second kappa shape index (κ2) is 8.02. The number of hydrogen-bond acceptors (Lipinski definition) is 6. The van der Waals surface area contributed by atoms with Crippen LogP contribution in [0, 0.1) is 0 Å². The molecule has 3 N–H and O–H groups in total. The Hall–Kier alpha value is -1.77. The average Bonchev–Trinajstić information content (AvgIpc) is 3.22. The molecule has 2 amide bonds. The quantitative estimate of drug-likeness (QED) is 0.371. The first kappa shape index (κ1) is 16.6. The Morgan fingerprint density at radius 2 is 2.41 bits per heavy atom. The zero-order valence-electron chi connectivity index (χ0n) is 12.0. The monoisotopic (exact) mass is 325 g/mol. The van der Waals surface area contributed by atoms with Gasteiger partial charge in [-0.15, -0.1) is 11.3 Å². The normalized spacial score (nSPS) is 18.7. The molecule has 1 aliphatic rings. The Morgan fingerprint density at radius 3 is 3.00 bits per heavy atom. The van der Waals surface area contributed by atoms with E-state index in [4.69, 9.17) is 0 Å². The molecule has 0 unspecified atom stereocenters. The molecule has 0 spiro atoms. The standard InChI is InChI=1S/C14H19N3O4S/c18-9-10(7-11-3-2-6-22-11)17(21)13(19)8-16-14(20)12-4-1-5-15-12/h2-3,6,9-10,12,15,21H,1,4-5,7-8H2,(H,16,20)/t10-,12-/m0/s1. The van der Waals surface area contributed by atoms with E-state index in [9.17, 15) is 19.6 Å². The number of nitrogens with zero attached hydrogens (tertiary/aromatic N) is 1. The molecular formula is C14H19N3O4S. The fraction of sp³-hybridized carbons (Fsp3) is 0.500. The zero-order chi connectivity index (χ0) is 15.9. The maximum atomic E-state index is 11.9. The second-order valence-corrected chi connectivity index (χ2v) is 6.12. The van der Waals surface area contributed by atoms with Gasteiger partial charge in [-0.1, -0.05) is 6.07 Å². The van der Waals surface area contributed by atoms with Crippen LogP contribution < -0.4 is 10.6 Å². The highest BCUT2D eigenvalue weighted by atomic mass is 32.1. The summed E-state index contributed by atoms with van der Waals surface area (Å²) in [6.45, 7) is 0.453. The lowest BCUT2D eigenvalue weighted by Gasteiger charge is -2.21. The van der Waals surface area contributed by atoms with Gasteiger partial charge in [-0.2, -0.15) is 0 Å². The van der Waals surface area contributed by atoms with E-state index in [0.29, 0.717) is 11.3 Å². The number of thiophene rings is 1. The summed E-state index contributed by atoms with van der Waals surface area (Å²) in [6, 6.07) is 2.42. The van der Waals surface area contributed by atoms with E-state index in [-0.39, 0.29) is 24.9 Å². The topological polar surface area (TPSA) is 98.7 Å². The number of aldehydes is 1. The Morgan fingerprint density at radius 1 is 1.59 bits per heavy atom. The molecule has 1 saturated heterocycles. The summed E-state index contributed by atoms with van der Waals surface area (Å²) in [5, 5.41) is 17.6. The highest BCUT2D eigenvalue weighted by molar-refractivity contribution is 7.09. The van der Waals surface area contributed by atoms with Crippen LogP contribution in [0.4, 0.5) is 0 Å². The van der Waals surface area contributed by atoms with E-state index >= 15 is 0 Å². The number of rotatable bonds is 7. The van der Waals surface area contributed by atoms with Crippen molar-refractivity contribution >= 4 is 29.4 Å². The van der Waals surface area contributed by atoms with Gasteiger partial charge in [0.15, 0.2) is 0 Å². The number of carbonyl (C=O) groups is 3. The molecule has 0 aliphatic carbocycles. The molecule has 1 aliphatic heterocycles. The predicted octanol–water partition coefficient (Wildman–Crippen LogP) is -0.0559. The van der Waals surface area contributed by atoms with Crippen molar-refractivity contribution in [2.75, 3.05) is 13.1 Å². The van der Waals surface area contributed by atoms with Crippen LogP contribution in [0.25, 0.3) is 0 Å². The first-order valence-corrected chi connectivity index (χ1v) is 7.99. The summed E-state index contributed by atoms with van der Waals surface area (Å²) in [6.07, 6.45) is 2.43. The summed E-state index contributed by atoms with van der Waals surface area (Å²) < 4.78 is 0. The van der Waals surface area contributed by atoms with Crippen LogP contribution >= 0.6 is 11.3 Å². The van der Waals surface area contributed by atoms with Crippen molar-refractivity contribution in [3.05, 3.63) is 22.4 Å². The van der Waals surface area contributed by atoms with E-state index in [0.717, 1.165) is 24.3 Å². The van der Waals surface area contributed by atoms with Crippen molar-refractivity contribution in [3.63, 3.8) is 0 Å². The van der Waals surface area contributed by atoms with E-state index in [1.807, 2.05) is 17.5 Å². The fourth-order valence-electron chi connectivity index (χ4n) is 2.29. The van der Waals surface area contributed by atoms with Crippen LogP contribution in [0.1, 0.15) is 17.7 Å². The minimum absolute atomic E-state index is 0.252. The van der Waals surface area contributed by atoms with Crippen LogP contribution in [-0.2, 0) is 20.8 Å². The van der Waals surface area contributed by atoms with Gasteiger partial charge in [0.2, 0.25) is 5.91 Å². The summed E-state index contributed by atoms with van der Waals surface area (Å²) >= 11 is 1.44. The molecule has 2 heterocycles. The average molecular weight is 325 g/mol. The minimum Gasteiger partial charge on any atom is -0.346 e. The van der Waals surface area contributed by atoms with Crippen LogP contribution in [0.5, 0.6) is 0 Å². The zero-order valence-corrected chi connectivity index (χ0v) is 12.8. The minimum atomic E-state index is -0.951. The number of carbonyl (C=O) groups excluding carboxylic acids is 3. The first-order chi connectivity index (χ1) is 10.6. The van der Waals surface area contributed by atoms with E-state index in [1.54, 1.807) is 0 Å². The lowest BCUT2D eigenvalue weighted by molar-refractivity contribution is -0.175. The highest BCUT2D eigenvalue weighted by Gasteiger charge is 2.25. The summed E-state index contributed by atoms with van der Waals surface area (Å²) in [5.41, 5.74) is 0. The third-order valence-electron chi connectivity index (χ3n) is 3.51. The predicted molar refractivity (Wildman–Crippen MR) is 80.5 cm³/mol. The lowest BCUT2D eigenvalue weighted by Crippen LogP contribution is -2.48. The van der Waals surface area contributed by atoms with Crippen molar-refractivity contribution in [2.45, 2.75) is 31.3 Å². The Kier molecular flexibility index (Phi) is 6.05. The van der Waals surface area contributed by atoms with Gasteiger partial charge in [0.05, 0.1) is 12.6 Å². The highest BCUT2D eigenvalue weighted by Crippen LogP contribution is 2.13. The number of hydroxylamine groups is 2. The second-order valence-electron chi connectivity index (χ2n) is 5.09. The third kappa shape index (κ3) is 4.36. The smallest absolute Gasteiger partial charge is 0.265 e. The van der Waals surface area contributed by atoms with Gasteiger partial charge in [0.25, 0.3) is 5.91 Å². The van der Waals surface area contributed by atoms with Crippen molar-refractivity contribution in [2.24, 2.45) is 0 Å². The molecule has 0 saturated carbocycles. The molecule has 0 bridgehead atoms. The number of nitrogens with one attached hydrogen (secondary N) is 2. The van der Waals surface area contributed by atoms with Crippen LogP contribution in [0.3, 0.4) is 0 Å². The molecular weight excluding hydrogens is 306 g/mol. The molecule has 1 aromatic heterocycles. The molecule has 2 rings (SSSR count). The molecule has 8 heteroatoms. The molecule has 22 heavy (non-hydrogen) atoms. The molecule has 120 valence electrons. The van der Waals surface area contributed by atoms with Gasteiger partial charge in [-0.25, -0.2) is 5.06 Å². The third-order valence-corrected chi connectivity index (χ3v) is 4.41. The van der Waals surface area contributed by atoms with Crippen LogP contribution in [0.2, 0.25) is 0 Å². The summed E-state index contributed by atoms with van der Waals surface area (Å²) in [7, 11) is 0. The molecule has 1 aromatic rings. The van der Waals surface area contributed by atoms with Crippen molar-refractivity contribution in [3.8, 4) is 0 Å². The maximum absolute atomic E-state index is 11.9. The van der Waals surface area contributed by atoms with Gasteiger partial charge >= 0.3 is 0 Å². The van der Waals surface area contributed by atoms with Crippen molar-refractivity contribution in [1.29, 1.82) is 0 Å². The van der Waals surface area contributed by atoms with E-state index in [2.05, 4.69) is 10.6 Å². The Bertz CT molecular complexity index is 514. The van der Waals surface area contributed by atoms with Gasteiger partial charge in [0.1, 0.15) is 12.3 Å². The molecule has 0 aromatic carbocycles. The van der Waals surface area contributed by atoms with Gasteiger partial charge in [-0.3, -0.25) is 14.8 Å². The van der Waals surface area contributed by atoms with Gasteiger partial charge < -0.3 is 15.4 Å². The molecule has 1 fully saturated rings.